The molecule has 0 spiro atoms. The van der Waals surface area contributed by atoms with Crippen molar-refractivity contribution in [3.05, 3.63) is 19.2 Å². The Balaban J connectivity index is 2.20. The van der Waals surface area contributed by atoms with Crippen LogP contribution < -0.4 is 5.73 Å². The quantitative estimate of drug-likeness (QED) is 0.878. The highest BCUT2D eigenvalue weighted by molar-refractivity contribution is 9.13. The Labute approximate surface area is 110 Å². The lowest BCUT2D eigenvalue weighted by molar-refractivity contribution is -0.0230. The van der Waals surface area contributed by atoms with Gasteiger partial charge in [-0.15, -0.1) is 11.3 Å². The van der Waals surface area contributed by atoms with Crippen molar-refractivity contribution < 1.29 is 4.74 Å². The topological polar surface area (TPSA) is 35.2 Å². The molecule has 1 aliphatic heterocycles. The van der Waals surface area contributed by atoms with Crippen LogP contribution in [0.25, 0.3) is 0 Å². The van der Waals surface area contributed by atoms with Gasteiger partial charge in [0.05, 0.1) is 9.89 Å². The van der Waals surface area contributed by atoms with Gasteiger partial charge in [0.2, 0.25) is 0 Å². The van der Waals surface area contributed by atoms with E-state index in [0.717, 1.165) is 21.3 Å². The second kappa shape index (κ2) is 5.27. The second-order valence-corrected chi connectivity index (χ2v) is 6.96. The van der Waals surface area contributed by atoms with Gasteiger partial charge >= 0.3 is 0 Å². The second-order valence-electron chi connectivity index (χ2n) is 3.70. The minimum Gasteiger partial charge on any atom is -0.372 e. The summed E-state index contributed by atoms with van der Waals surface area (Å²) in [5, 5.41) is 0. The first kappa shape index (κ1) is 12.0. The fraction of sp³-hybridized carbons (Fsp3) is 0.600. The molecule has 2 N–H and O–H groups in total. The number of thiophene rings is 1. The van der Waals surface area contributed by atoms with Gasteiger partial charge in [-0.1, -0.05) is 0 Å². The average molecular weight is 355 g/mol. The highest BCUT2D eigenvalue weighted by atomic mass is 79.9. The molecule has 2 atom stereocenters. The van der Waals surface area contributed by atoms with Crippen molar-refractivity contribution in [2.75, 3.05) is 13.2 Å². The molecule has 1 saturated heterocycles. The van der Waals surface area contributed by atoms with Gasteiger partial charge in [0.25, 0.3) is 0 Å². The van der Waals surface area contributed by atoms with Crippen molar-refractivity contribution in [3.8, 4) is 0 Å². The molecule has 2 unspecified atom stereocenters. The third kappa shape index (κ3) is 2.64. The van der Waals surface area contributed by atoms with Crippen LogP contribution in [0.3, 0.4) is 0 Å². The molecule has 5 heteroatoms. The summed E-state index contributed by atoms with van der Waals surface area (Å²) in [6.45, 7) is 1.56. The molecule has 0 radical (unpaired) electrons. The van der Waals surface area contributed by atoms with Gasteiger partial charge in [-0.25, -0.2) is 0 Å². The Kier molecular flexibility index (Phi) is 4.24. The van der Waals surface area contributed by atoms with Crippen molar-refractivity contribution in [1.29, 1.82) is 0 Å². The molecule has 0 aliphatic carbocycles. The van der Waals surface area contributed by atoms with E-state index in [2.05, 4.69) is 37.9 Å². The van der Waals surface area contributed by atoms with E-state index in [1.807, 2.05) is 0 Å². The van der Waals surface area contributed by atoms with E-state index in [-0.39, 0.29) is 6.10 Å². The molecule has 0 saturated carbocycles. The van der Waals surface area contributed by atoms with Crippen LogP contribution in [0.15, 0.2) is 14.3 Å². The van der Waals surface area contributed by atoms with E-state index in [0.29, 0.717) is 12.5 Å². The smallest absolute Gasteiger partial charge is 0.0957 e. The van der Waals surface area contributed by atoms with Gasteiger partial charge < -0.3 is 10.5 Å². The highest BCUT2D eigenvalue weighted by Gasteiger charge is 2.28. The van der Waals surface area contributed by atoms with Gasteiger partial charge in [-0.2, -0.15) is 0 Å². The lowest BCUT2D eigenvalue weighted by Crippen LogP contribution is -2.28. The van der Waals surface area contributed by atoms with Gasteiger partial charge in [-0.3, -0.25) is 0 Å². The van der Waals surface area contributed by atoms with Crippen LogP contribution in [0.4, 0.5) is 0 Å². The Bertz CT molecular complexity index is 323. The van der Waals surface area contributed by atoms with Crippen molar-refractivity contribution in [3.63, 3.8) is 0 Å². The Hall–Kier alpha value is 0.580. The zero-order valence-electron chi connectivity index (χ0n) is 8.21. The number of halogens is 2. The Morgan fingerprint density at radius 3 is 2.93 bits per heavy atom. The maximum atomic E-state index is 5.82. The van der Waals surface area contributed by atoms with Crippen LogP contribution in [-0.4, -0.2) is 13.2 Å². The van der Waals surface area contributed by atoms with Gasteiger partial charge in [-0.05, 0) is 57.3 Å². The van der Waals surface area contributed by atoms with Gasteiger partial charge in [0, 0.05) is 21.9 Å². The lowest BCUT2D eigenvalue weighted by Gasteiger charge is -2.30. The maximum absolute atomic E-state index is 5.82. The number of hydrogen-bond donors (Lipinski definition) is 1. The van der Waals surface area contributed by atoms with Crippen LogP contribution in [-0.2, 0) is 4.74 Å². The van der Waals surface area contributed by atoms with Crippen molar-refractivity contribution in [2.24, 2.45) is 11.7 Å². The number of nitrogens with two attached hydrogens (primary N) is 1. The van der Waals surface area contributed by atoms with E-state index >= 15 is 0 Å². The number of rotatable bonds is 2. The minimum absolute atomic E-state index is 0.191. The molecule has 1 aromatic heterocycles. The van der Waals surface area contributed by atoms with Crippen molar-refractivity contribution in [2.45, 2.75) is 18.9 Å². The van der Waals surface area contributed by atoms with Crippen molar-refractivity contribution in [1.82, 2.24) is 0 Å². The fourth-order valence-corrected chi connectivity index (χ4v) is 4.14. The molecule has 1 aliphatic rings. The standard InChI is InChI=1S/C10H13Br2NOS/c11-7-4-8(15-10(7)12)9-6(5-13)2-1-3-14-9/h4,6,9H,1-3,5,13H2. The summed E-state index contributed by atoms with van der Waals surface area (Å²) in [7, 11) is 0. The molecule has 0 aromatic carbocycles. The molecule has 1 aromatic rings. The summed E-state index contributed by atoms with van der Waals surface area (Å²) in [5.41, 5.74) is 5.78. The molecular formula is C10H13Br2NOS. The third-order valence-electron chi connectivity index (χ3n) is 2.69. The van der Waals surface area contributed by atoms with E-state index in [1.54, 1.807) is 11.3 Å². The molecule has 2 nitrogen and oxygen atoms in total. The summed E-state index contributed by atoms with van der Waals surface area (Å²) >= 11 is 8.74. The summed E-state index contributed by atoms with van der Waals surface area (Å²) in [5.74, 6) is 0.469. The number of hydrogen-bond acceptors (Lipinski definition) is 3. The van der Waals surface area contributed by atoms with Crippen LogP contribution in [0.2, 0.25) is 0 Å². The highest BCUT2D eigenvalue weighted by Crippen LogP contribution is 2.41. The van der Waals surface area contributed by atoms with Gasteiger partial charge in [0.15, 0.2) is 0 Å². The first-order chi connectivity index (χ1) is 7.22. The molecular weight excluding hydrogens is 342 g/mol. The van der Waals surface area contributed by atoms with E-state index < -0.39 is 0 Å². The van der Waals surface area contributed by atoms with Gasteiger partial charge in [0.1, 0.15) is 0 Å². The van der Waals surface area contributed by atoms with Crippen LogP contribution in [0.1, 0.15) is 23.8 Å². The molecule has 15 heavy (non-hydrogen) atoms. The van der Waals surface area contributed by atoms with Crippen LogP contribution >= 0.6 is 43.2 Å². The first-order valence-electron chi connectivity index (χ1n) is 4.98. The zero-order chi connectivity index (χ0) is 10.8. The summed E-state index contributed by atoms with van der Waals surface area (Å²) in [4.78, 5) is 1.27. The van der Waals surface area contributed by atoms with Crippen LogP contribution in [0, 0.1) is 5.92 Å². The summed E-state index contributed by atoms with van der Waals surface area (Å²) in [6, 6.07) is 2.13. The largest absolute Gasteiger partial charge is 0.372 e. The fourth-order valence-electron chi connectivity index (χ4n) is 1.90. The summed E-state index contributed by atoms with van der Waals surface area (Å²) < 4.78 is 8.06. The summed E-state index contributed by atoms with van der Waals surface area (Å²) in [6.07, 6.45) is 2.50. The van der Waals surface area contributed by atoms with E-state index in [9.17, 15) is 0 Å². The zero-order valence-corrected chi connectivity index (χ0v) is 12.2. The molecule has 1 fully saturated rings. The Morgan fingerprint density at radius 2 is 2.33 bits per heavy atom. The Morgan fingerprint density at radius 1 is 1.53 bits per heavy atom. The third-order valence-corrected chi connectivity index (χ3v) is 6.01. The molecule has 84 valence electrons. The average Bonchev–Trinajstić information content (AvgIpc) is 2.59. The van der Waals surface area contributed by atoms with E-state index in [4.69, 9.17) is 10.5 Å². The minimum atomic E-state index is 0.191. The maximum Gasteiger partial charge on any atom is 0.0957 e. The molecule has 0 bridgehead atoms. The predicted octanol–water partition coefficient (Wildman–Crippen LogP) is 3.70. The monoisotopic (exact) mass is 353 g/mol. The molecule has 2 rings (SSSR count). The van der Waals surface area contributed by atoms with E-state index in [1.165, 1.54) is 11.3 Å². The lowest BCUT2D eigenvalue weighted by atomic mass is 9.93. The molecule has 2 heterocycles. The normalized spacial score (nSPS) is 26.9. The first-order valence-corrected chi connectivity index (χ1v) is 7.39. The van der Waals surface area contributed by atoms with Crippen molar-refractivity contribution >= 4 is 43.2 Å². The van der Waals surface area contributed by atoms with Crippen LogP contribution in [0.5, 0.6) is 0 Å². The predicted molar refractivity (Wildman–Crippen MR) is 70.2 cm³/mol. The molecule has 0 amide bonds. The SMILES string of the molecule is NCC1CCCOC1c1cc(Br)c(Br)s1. The number of ether oxygens (including phenoxy) is 1.